The second-order valence-corrected chi connectivity index (χ2v) is 17.2. The third-order valence-corrected chi connectivity index (χ3v) is 13.2. The van der Waals surface area contributed by atoms with Gasteiger partial charge in [-0.1, -0.05) is 109 Å². The summed E-state index contributed by atoms with van der Waals surface area (Å²) in [5.41, 5.74) is 13.1. The summed E-state index contributed by atoms with van der Waals surface area (Å²) in [6.45, 7) is 0. The van der Waals surface area contributed by atoms with Crippen molar-refractivity contribution in [3.05, 3.63) is 188 Å². The van der Waals surface area contributed by atoms with Crippen molar-refractivity contribution >= 4 is 60.0 Å². The Hall–Kier alpha value is -7.81. The number of rotatable bonds is 7. The second-order valence-electron chi connectivity index (χ2n) is 16.1. The minimum absolute atomic E-state index is 0.589. The highest BCUT2D eigenvalue weighted by molar-refractivity contribution is 7.21. The van der Waals surface area contributed by atoms with Crippen LogP contribution in [0.2, 0.25) is 0 Å². The average molecular weight is 815 g/mol. The Morgan fingerprint density at radius 3 is 2.10 bits per heavy atom. The molecule has 0 aliphatic heterocycles. The zero-order chi connectivity index (χ0) is 40.7. The molecule has 292 valence electrons. The molecule has 2 aliphatic carbocycles. The van der Waals surface area contributed by atoms with E-state index in [4.69, 9.17) is 29.3 Å². The molecule has 1 saturated carbocycles. The quantitative estimate of drug-likeness (QED) is 0.159. The van der Waals surface area contributed by atoms with Crippen LogP contribution in [0.25, 0.3) is 110 Å². The minimum atomic E-state index is 0.589. The standard InChI is InChI=1S/C54H34N6OS/c1-3-10-32(11-4-1)50-57-51(37-19-18-35-27-40(35)28-37)59-52(58-50)38-21-25-49-45(30-38)56-54(62-49)39-15-9-14-34(26-39)36-20-23-47-43(29-36)42-16-7-8-17-46(42)60(47)41-22-24-48-44(31-41)55-53(61-48)33-12-5-2-6-13-33/h1-26,28-31,35,40H,27H2/t35?,40-/m0/s1. The van der Waals surface area contributed by atoms with E-state index in [1.54, 1.807) is 11.3 Å². The van der Waals surface area contributed by atoms with Crippen LogP contribution < -0.4 is 0 Å². The molecule has 0 spiro atoms. The lowest BCUT2D eigenvalue weighted by atomic mass is 10.0. The van der Waals surface area contributed by atoms with Crippen LogP contribution in [-0.2, 0) is 0 Å². The summed E-state index contributed by atoms with van der Waals surface area (Å²) in [7, 11) is 0. The van der Waals surface area contributed by atoms with Crippen LogP contribution in [0.5, 0.6) is 0 Å². The lowest BCUT2D eigenvalue weighted by Gasteiger charge is -2.10. The molecule has 4 heterocycles. The van der Waals surface area contributed by atoms with Crippen LogP contribution in [0.1, 0.15) is 12.2 Å². The van der Waals surface area contributed by atoms with Crippen molar-refractivity contribution in [2.24, 2.45) is 11.8 Å². The molecular formula is C54H34N6OS. The Labute approximate surface area is 360 Å². The second kappa shape index (κ2) is 13.9. The van der Waals surface area contributed by atoms with E-state index in [1.165, 1.54) is 17.2 Å². The third-order valence-electron chi connectivity index (χ3n) is 12.1. The van der Waals surface area contributed by atoms with Crippen molar-refractivity contribution in [3.8, 4) is 61.6 Å². The lowest BCUT2D eigenvalue weighted by molar-refractivity contribution is 0.620. The van der Waals surface area contributed by atoms with Crippen molar-refractivity contribution in [1.82, 2.24) is 29.5 Å². The summed E-state index contributed by atoms with van der Waals surface area (Å²) in [4.78, 5) is 25.0. The van der Waals surface area contributed by atoms with Crippen molar-refractivity contribution in [3.63, 3.8) is 0 Å². The van der Waals surface area contributed by atoms with E-state index in [0.29, 0.717) is 35.2 Å². The summed E-state index contributed by atoms with van der Waals surface area (Å²) in [5.74, 6) is 3.89. The molecule has 2 atom stereocenters. The number of thiazole rings is 1. The zero-order valence-corrected chi connectivity index (χ0v) is 34.0. The van der Waals surface area contributed by atoms with Crippen molar-refractivity contribution in [1.29, 1.82) is 0 Å². The van der Waals surface area contributed by atoms with Gasteiger partial charge in [0.15, 0.2) is 23.1 Å². The SMILES string of the molecule is C1=CC2C[C@H]2C=C1c1nc(-c2ccccc2)nc(-c2ccc3sc(-c4cccc(-c5ccc6c(c5)c5ccccc5n6-c5ccc6oc(-c7ccccc7)nc6c5)c4)nc3c2)n1. The van der Waals surface area contributed by atoms with Crippen LogP contribution in [0.3, 0.4) is 0 Å². The van der Waals surface area contributed by atoms with E-state index in [9.17, 15) is 0 Å². The molecule has 0 amide bonds. The molecule has 0 bridgehead atoms. The minimum Gasteiger partial charge on any atom is -0.436 e. The van der Waals surface area contributed by atoms with Crippen molar-refractivity contribution in [2.45, 2.75) is 6.42 Å². The van der Waals surface area contributed by atoms with Gasteiger partial charge in [-0.3, -0.25) is 0 Å². The van der Waals surface area contributed by atoms with E-state index in [1.807, 2.05) is 66.7 Å². The average Bonchev–Trinajstić information content (AvgIpc) is 3.62. The van der Waals surface area contributed by atoms with Crippen molar-refractivity contribution in [2.75, 3.05) is 0 Å². The van der Waals surface area contributed by atoms with E-state index >= 15 is 0 Å². The number of nitrogens with zero attached hydrogens (tertiary/aromatic N) is 6. The molecule has 7 nitrogen and oxygen atoms in total. The van der Waals surface area contributed by atoms with E-state index in [2.05, 4.69) is 120 Å². The maximum atomic E-state index is 6.16. The number of aromatic nitrogens is 6. The third kappa shape index (κ3) is 5.98. The van der Waals surface area contributed by atoms with Gasteiger partial charge in [0, 0.05) is 44.3 Å². The fourth-order valence-corrected chi connectivity index (χ4v) is 9.82. The van der Waals surface area contributed by atoms with Gasteiger partial charge < -0.3 is 8.98 Å². The first kappa shape index (κ1) is 35.0. The molecule has 1 unspecified atom stereocenters. The van der Waals surface area contributed by atoms with Crippen molar-refractivity contribution < 1.29 is 4.42 Å². The molecule has 13 rings (SSSR count). The summed E-state index contributed by atoms with van der Waals surface area (Å²) in [6.07, 6.45) is 7.99. The molecule has 4 aromatic heterocycles. The molecule has 2 aliphatic rings. The number of hydrogen-bond acceptors (Lipinski definition) is 7. The Bertz CT molecular complexity index is 3640. The van der Waals surface area contributed by atoms with Gasteiger partial charge in [-0.2, -0.15) is 0 Å². The van der Waals surface area contributed by atoms with Gasteiger partial charge >= 0.3 is 0 Å². The summed E-state index contributed by atoms with van der Waals surface area (Å²) < 4.78 is 9.59. The Kier molecular flexibility index (Phi) is 7.83. The van der Waals surface area contributed by atoms with Gasteiger partial charge in [0.2, 0.25) is 5.89 Å². The Balaban J connectivity index is 0.849. The van der Waals surface area contributed by atoms with Crippen LogP contribution in [0, 0.1) is 11.8 Å². The maximum absolute atomic E-state index is 6.16. The highest BCUT2D eigenvalue weighted by Gasteiger charge is 2.35. The normalized spacial score (nSPS) is 15.7. The highest BCUT2D eigenvalue weighted by Crippen LogP contribution is 2.46. The number of allylic oxidation sites excluding steroid dienone is 4. The van der Waals surface area contributed by atoms with Gasteiger partial charge in [0.05, 0.1) is 21.3 Å². The summed E-state index contributed by atoms with van der Waals surface area (Å²) in [6, 6.07) is 56.9. The van der Waals surface area contributed by atoms with Crippen LogP contribution in [0.15, 0.2) is 186 Å². The summed E-state index contributed by atoms with van der Waals surface area (Å²) >= 11 is 1.70. The smallest absolute Gasteiger partial charge is 0.227 e. The fraction of sp³-hybridized carbons (Fsp3) is 0.0556. The van der Waals surface area contributed by atoms with Crippen LogP contribution >= 0.6 is 11.3 Å². The molecule has 8 heteroatoms. The number of oxazole rings is 1. The molecule has 62 heavy (non-hydrogen) atoms. The molecule has 0 radical (unpaired) electrons. The molecule has 0 saturated heterocycles. The van der Waals surface area contributed by atoms with Gasteiger partial charge in [0.25, 0.3) is 0 Å². The van der Waals surface area contributed by atoms with Gasteiger partial charge in [-0.15, -0.1) is 11.3 Å². The van der Waals surface area contributed by atoms with Crippen LogP contribution in [0.4, 0.5) is 0 Å². The lowest BCUT2D eigenvalue weighted by Crippen LogP contribution is -2.03. The first-order valence-electron chi connectivity index (χ1n) is 20.9. The molecule has 0 N–H and O–H groups in total. The monoisotopic (exact) mass is 814 g/mol. The van der Waals surface area contributed by atoms with E-state index < -0.39 is 0 Å². The van der Waals surface area contributed by atoms with E-state index in [-0.39, 0.29) is 0 Å². The zero-order valence-electron chi connectivity index (χ0n) is 33.2. The predicted molar refractivity (Wildman–Crippen MR) is 251 cm³/mol. The van der Waals surface area contributed by atoms with Gasteiger partial charge in [-0.05, 0) is 102 Å². The number of hydrogen-bond donors (Lipinski definition) is 0. The molecular weight excluding hydrogens is 781 g/mol. The predicted octanol–water partition coefficient (Wildman–Crippen LogP) is 13.6. The largest absolute Gasteiger partial charge is 0.436 e. The highest BCUT2D eigenvalue weighted by atomic mass is 32.1. The first-order valence-corrected chi connectivity index (χ1v) is 21.7. The molecule has 11 aromatic rings. The number of fused-ring (bicyclic) bond motifs is 6. The van der Waals surface area contributed by atoms with Gasteiger partial charge in [-0.25, -0.2) is 24.9 Å². The summed E-state index contributed by atoms with van der Waals surface area (Å²) in [5, 5.41) is 3.34. The molecule has 7 aromatic carbocycles. The first-order chi connectivity index (χ1) is 30.6. The molecule has 1 fully saturated rings. The maximum Gasteiger partial charge on any atom is 0.227 e. The number of benzene rings is 7. The topological polar surface area (TPSA) is 82.5 Å². The van der Waals surface area contributed by atoms with Gasteiger partial charge in [0.1, 0.15) is 10.5 Å². The van der Waals surface area contributed by atoms with Crippen LogP contribution in [-0.4, -0.2) is 29.5 Å². The van der Waals surface area contributed by atoms with E-state index in [0.717, 1.165) is 82.0 Å². The Morgan fingerprint density at radius 1 is 0.500 bits per heavy atom. The fourth-order valence-electron chi connectivity index (χ4n) is 8.87. The Morgan fingerprint density at radius 2 is 1.23 bits per heavy atom. The number of para-hydroxylation sites is 1.